The van der Waals surface area contributed by atoms with Crippen molar-refractivity contribution in [2.75, 3.05) is 26.8 Å². The number of ether oxygens (including phenoxy) is 1. The third-order valence-corrected chi connectivity index (χ3v) is 5.21. The highest BCUT2D eigenvalue weighted by atomic mass is 16.5. The molecule has 10 nitrogen and oxygen atoms in total. The molecule has 1 unspecified atom stereocenters. The zero-order chi connectivity index (χ0) is 19.0. The fourth-order valence-electron chi connectivity index (χ4n) is 3.69. The topological polar surface area (TPSA) is 100 Å². The lowest BCUT2D eigenvalue weighted by Gasteiger charge is -2.31. The second kappa shape index (κ2) is 7.26. The Kier molecular flexibility index (Phi) is 4.81. The molecule has 1 saturated heterocycles. The third kappa shape index (κ3) is 3.53. The van der Waals surface area contributed by atoms with Crippen LogP contribution in [0.3, 0.4) is 0 Å². The van der Waals surface area contributed by atoms with Crippen molar-refractivity contribution < 1.29 is 9.53 Å². The predicted molar refractivity (Wildman–Crippen MR) is 95.5 cm³/mol. The highest BCUT2D eigenvalue weighted by molar-refractivity contribution is 5.92. The van der Waals surface area contributed by atoms with Crippen molar-refractivity contribution in [2.24, 2.45) is 7.05 Å². The maximum Gasteiger partial charge on any atom is 0.346 e. The number of aromatic nitrogens is 6. The molecule has 2 aliphatic rings. The molecule has 1 aliphatic carbocycles. The SMILES string of the molecule is COCCn1nc(C2CCCN(C(=O)c3cn(C)nn3)C2)n(C2CC2)c1=O. The van der Waals surface area contributed by atoms with Gasteiger partial charge in [-0.15, -0.1) is 5.10 Å². The second-order valence-electron chi connectivity index (χ2n) is 7.33. The molecule has 3 heterocycles. The van der Waals surface area contributed by atoms with Gasteiger partial charge in [0.25, 0.3) is 5.91 Å². The van der Waals surface area contributed by atoms with Crippen molar-refractivity contribution in [1.29, 1.82) is 0 Å². The van der Waals surface area contributed by atoms with Gasteiger partial charge in [0.2, 0.25) is 0 Å². The van der Waals surface area contributed by atoms with Crippen molar-refractivity contribution in [3.8, 4) is 0 Å². The van der Waals surface area contributed by atoms with E-state index in [1.807, 2.05) is 4.57 Å². The van der Waals surface area contributed by atoms with Crippen LogP contribution in [0.1, 0.15) is 54.0 Å². The molecule has 0 bridgehead atoms. The maximum absolute atomic E-state index is 12.8. The Morgan fingerprint density at radius 2 is 2.15 bits per heavy atom. The average molecular weight is 375 g/mol. The van der Waals surface area contributed by atoms with Gasteiger partial charge in [0.15, 0.2) is 5.69 Å². The average Bonchev–Trinajstić information content (AvgIpc) is 3.33. The van der Waals surface area contributed by atoms with Gasteiger partial charge in [-0.3, -0.25) is 14.0 Å². The highest BCUT2D eigenvalue weighted by Gasteiger charge is 2.35. The maximum atomic E-state index is 12.8. The van der Waals surface area contributed by atoms with Gasteiger partial charge in [0, 0.05) is 39.2 Å². The van der Waals surface area contributed by atoms with E-state index in [-0.39, 0.29) is 23.6 Å². The number of piperidine rings is 1. The number of nitrogens with zero attached hydrogens (tertiary/aromatic N) is 7. The van der Waals surface area contributed by atoms with Crippen LogP contribution >= 0.6 is 0 Å². The van der Waals surface area contributed by atoms with E-state index in [2.05, 4.69) is 15.4 Å². The second-order valence-corrected chi connectivity index (χ2v) is 7.33. The zero-order valence-corrected chi connectivity index (χ0v) is 15.7. The Morgan fingerprint density at radius 1 is 1.33 bits per heavy atom. The summed E-state index contributed by atoms with van der Waals surface area (Å²) < 4.78 is 9.96. The number of carbonyl (C=O) groups is 1. The fraction of sp³-hybridized carbons (Fsp3) is 0.706. The Labute approximate surface area is 156 Å². The summed E-state index contributed by atoms with van der Waals surface area (Å²) in [5, 5.41) is 12.4. The molecule has 10 heteroatoms. The van der Waals surface area contributed by atoms with E-state index >= 15 is 0 Å². The summed E-state index contributed by atoms with van der Waals surface area (Å²) in [6.45, 7) is 2.12. The van der Waals surface area contributed by atoms with Gasteiger partial charge in [0.1, 0.15) is 5.82 Å². The van der Waals surface area contributed by atoms with Crippen LogP contribution in [0, 0.1) is 0 Å². The van der Waals surface area contributed by atoms with Crippen LogP contribution < -0.4 is 5.69 Å². The molecule has 4 rings (SSSR count). The fourth-order valence-corrected chi connectivity index (χ4v) is 3.69. The summed E-state index contributed by atoms with van der Waals surface area (Å²) in [5.74, 6) is 0.735. The Bertz CT molecular complexity index is 879. The van der Waals surface area contributed by atoms with Crippen molar-refractivity contribution in [1.82, 2.24) is 34.2 Å². The van der Waals surface area contributed by atoms with Crippen molar-refractivity contribution in [3.63, 3.8) is 0 Å². The van der Waals surface area contributed by atoms with E-state index in [9.17, 15) is 9.59 Å². The Morgan fingerprint density at radius 3 is 2.81 bits per heavy atom. The molecular formula is C17H25N7O3. The standard InChI is InChI=1S/C17H25N7O3/c1-21-11-14(18-20-21)16(25)22-7-3-4-12(10-22)15-19-23(8-9-27-2)17(26)24(15)13-5-6-13/h11-13H,3-10H2,1-2H3. The smallest absolute Gasteiger partial charge is 0.346 e. The summed E-state index contributed by atoms with van der Waals surface area (Å²) in [4.78, 5) is 27.3. The van der Waals surface area contributed by atoms with E-state index in [0.717, 1.165) is 31.5 Å². The molecule has 2 aromatic heterocycles. The summed E-state index contributed by atoms with van der Waals surface area (Å²) in [5.41, 5.74) is 0.283. The van der Waals surface area contributed by atoms with E-state index < -0.39 is 0 Å². The highest BCUT2D eigenvalue weighted by Crippen LogP contribution is 2.37. The first-order valence-corrected chi connectivity index (χ1v) is 9.42. The molecule has 0 spiro atoms. The molecule has 1 saturated carbocycles. The molecule has 1 atom stereocenters. The van der Waals surface area contributed by atoms with Crippen LogP contribution in [0.15, 0.2) is 11.0 Å². The lowest BCUT2D eigenvalue weighted by molar-refractivity contribution is 0.0697. The molecule has 0 radical (unpaired) electrons. The first-order chi connectivity index (χ1) is 13.1. The van der Waals surface area contributed by atoms with Crippen molar-refractivity contribution >= 4 is 5.91 Å². The van der Waals surface area contributed by atoms with Crippen LogP contribution in [-0.2, 0) is 18.3 Å². The van der Waals surface area contributed by atoms with Crippen molar-refractivity contribution in [2.45, 2.75) is 44.2 Å². The van der Waals surface area contributed by atoms with Gasteiger partial charge >= 0.3 is 5.69 Å². The Balaban J connectivity index is 1.57. The van der Waals surface area contributed by atoms with E-state index in [1.165, 1.54) is 9.36 Å². The molecule has 1 aliphatic heterocycles. The van der Waals surface area contributed by atoms with Crippen LogP contribution in [0.25, 0.3) is 0 Å². The predicted octanol–water partition coefficient (Wildman–Crippen LogP) is 0.174. The number of carbonyl (C=O) groups excluding carboxylic acids is 1. The third-order valence-electron chi connectivity index (χ3n) is 5.21. The normalized spacial score (nSPS) is 20.2. The molecule has 2 fully saturated rings. The number of likely N-dealkylation sites (tertiary alicyclic amines) is 1. The summed E-state index contributed by atoms with van der Waals surface area (Å²) >= 11 is 0. The van der Waals surface area contributed by atoms with E-state index in [0.29, 0.717) is 31.9 Å². The summed E-state index contributed by atoms with van der Waals surface area (Å²) in [6.07, 6.45) is 5.44. The zero-order valence-electron chi connectivity index (χ0n) is 15.7. The van der Waals surface area contributed by atoms with Crippen LogP contribution in [-0.4, -0.2) is 67.0 Å². The van der Waals surface area contributed by atoms with E-state index in [1.54, 1.807) is 25.3 Å². The summed E-state index contributed by atoms with van der Waals surface area (Å²) in [7, 11) is 3.35. The van der Waals surface area contributed by atoms with Crippen molar-refractivity contribution in [3.05, 3.63) is 28.2 Å². The molecular weight excluding hydrogens is 350 g/mol. The first kappa shape index (κ1) is 17.9. The number of hydrogen-bond acceptors (Lipinski definition) is 6. The van der Waals surface area contributed by atoms with Gasteiger partial charge in [0.05, 0.1) is 19.3 Å². The molecule has 146 valence electrons. The molecule has 0 aromatic carbocycles. The lowest BCUT2D eigenvalue weighted by Crippen LogP contribution is -2.40. The number of aryl methyl sites for hydroxylation is 1. The first-order valence-electron chi connectivity index (χ1n) is 9.42. The van der Waals surface area contributed by atoms with Gasteiger partial charge in [-0.25, -0.2) is 9.48 Å². The minimum atomic E-state index is -0.119. The number of rotatable bonds is 6. The van der Waals surface area contributed by atoms with Gasteiger partial charge in [-0.05, 0) is 25.7 Å². The van der Waals surface area contributed by atoms with Gasteiger partial charge in [-0.1, -0.05) is 5.21 Å². The molecule has 1 amide bonds. The van der Waals surface area contributed by atoms with E-state index in [4.69, 9.17) is 4.74 Å². The molecule has 27 heavy (non-hydrogen) atoms. The van der Waals surface area contributed by atoms with Crippen LogP contribution in [0.2, 0.25) is 0 Å². The van der Waals surface area contributed by atoms with Gasteiger partial charge in [-0.2, -0.15) is 5.10 Å². The van der Waals surface area contributed by atoms with Crippen LogP contribution in [0.4, 0.5) is 0 Å². The molecule has 2 aromatic rings. The quantitative estimate of drug-likeness (QED) is 0.714. The summed E-state index contributed by atoms with van der Waals surface area (Å²) in [6, 6.07) is 0.245. The number of methoxy groups -OCH3 is 1. The Hall–Kier alpha value is -2.49. The van der Waals surface area contributed by atoms with Gasteiger partial charge < -0.3 is 9.64 Å². The lowest BCUT2D eigenvalue weighted by atomic mass is 9.97. The minimum Gasteiger partial charge on any atom is -0.383 e. The number of hydrogen-bond donors (Lipinski definition) is 0. The monoisotopic (exact) mass is 375 g/mol. The number of amides is 1. The molecule has 0 N–H and O–H groups in total. The minimum absolute atomic E-state index is 0.0523. The van der Waals surface area contributed by atoms with Crippen LogP contribution in [0.5, 0.6) is 0 Å². The largest absolute Gasteiger partial charge is 0.383 e.